The van der Waals surface area contributed by atoms with Crippen LogP contribution in [0.3, 0.4) is 0 Å². The molecule has 1 aliphatic heterocycles. The number of nitrogens with zero attached hydrogens (tertiary/aromatic N) is 5. The molecule has 1 N–H and O–H groups in total. The van der Waals surface area contributed by atoms with Gasteiger partial charge in [0.15, 0.2) is 5.82 Å². The van der Waals surface area contributed by atoms with Crippen molar-refractivity contribution < 1.29 is 4.39 Å². The second-order valence-corrected chi connectivity index (χ2v) is 9.54. The molecule has 0 saturated carbocycles. The molecule has 4 aromatic rings. The largest absolute Gasteiger partial charge is 0.321 e. The number of aryl methyl sites for hydroxylation is 2. The number of rotatable bonds is 5. The van der Waals surface area contributed by atoms with E-state index >= 15 is 0 Å². The van der Waals surface area contributed by atoms with Gasteiger partial charge in [0, 0.05) is 5.56 Å². The number of hydrogen-bond donors (Lipinski definition) is 1. The number of H-pyrrole nitrogens is 1. The minimum absolute atomic E-state index is 0.126. The monoisotopic (exact) mass is 460 g/mol. The molecule has 34 heavy (non-hydrogen) atoms. The van der Waals surface area contributed by atoms with Crippen LogP contribution in [0.5, 0.6) is 0 Å². The minimum Gasteiger partial charge on any atom is -0.321 e. The van der Waals surface area contributed by atoms with Crippen molar-refractivity contribution in [3.05, 3.63) is 86.7 Å². The highest BCUT2D eigenvalue weighted by Gasteiger charge is 2.32. The molecule has 0 unspecified atom stereocenters. The third kappa shape index (κ3) is 4.37. The van der Waals surface area contributed by atoms with Gasteiger partial charge in [-0.1, -0.05) is 30.7 Å². The first-order chi connectivity index (χ1) is 16.4. The van der Waals surface area contributed by atoms with Gasteiger partial charge >= 0.3 is 0 Å². The van der Waals surface area contributed by atoms with E-state index in [1.807, 2.05) is 13.0 Å². The Bertz CT molecular complexity index is 1370. The molecule has 1 atom stereocenters. The number of tetrazole rings is 1. The summed E-state index contributed by atoms with van der Waals surface area (Å²) < 4.78 is 15.1. The maximum Gasteiger partial charge on any atom is 0.253 e. The van der Waals surface area contributed by atoms with Crippen molar-refractivity contribution in [1.82, 2.24) is 30.1 Å². The van der Waals surface area contributed by atoms with Crippen LogP contribution in [0.25, 0.3) is 10.9 Å². The third-order valence-corrected chi connectivity index (χ3v) is 6.85. The molecule has 2 aromatic heterocycles. The summed E-state index contributed by atoms with van der Waals surface area (Å²) in [5.41, 5.74) is 4.45. The van der Waals surface area contributed by atoms with Gasteiger partial charge in [0.25, 0.3) is 5.56 Å². The van der Waals surface area contributed by atoms with Gasteiger partial charge in [-0.15, -0.1) is 5.10 Å². The molecule has 7 nitrogen and oxygen atoms in total. The standard InChI is InChI=1S/C26H29FN6O/c1-16-8-10-32(11-9-16)24(22-14-20-13-17(2)12-18(3)23(20)28-26(22)34)25-29-30-31-33(25)15-19-4-6-21(27)7-5-19/h4-7,12-14,16,24H,8-11,15H2,1-3H3,(H,28,34)/t24-/m0/s1. The van der Waals surface area contributed by atoms with E-state index in [0.717, 1.165) is 53.5 Å². The van der Waals surface area contributed by atoms with E-state index in [1.165, 1.54) is 12.1 Å². The molecule has 0 bridgehead atoms. The molecule has 0 aliphatic carbocycles. The summed E-state index contributed by atoms with van der Waals surface area (Å²) in [7, 11) is 0. The van der Waals surface area contributed by atoms with Gasteiger partial charge in [0.05, 0.1) is 12.1 Å². The maximum absolute atomic E-state index is 13.4. The Morgan fingerprint density at radius 3 is 2.59 bits per heavy atom. The molecular weight excluding hydrogens is 431 g/mol. The van der Waals surface area contributed by atoms with E-state index in [2.05, 4.69) is 51.4 Å². The van der Waals surface area contributed by atoms with Gasteiger partial charge in [-0.25, -0.2) is 9.07 Å². The Kier molecular flexibility index (Phi) is 6.00. The summed E-state index contributed by atoms with van der Waals surface area (Å²) in [5, 5.41) is 13.6. The SMILES string of the molecule is Cc1cc(C)c2[nH]c(=O)c([C@@H](c3nnnn3Cc3ccc(F)cc3)N3CCC(C)CC3)cc2c1. The number of halogens is 1. The summed E-state index contributed by atoms with van der Waals surface area (Å²) >= 11 is 0. The molecular formula is C26H29FN6O. The lowest BCUT2D eigenvalue weighted by Crippen LogP contribution is -2.40. The highest BCUT2D eigenvalue weighted by molar-refractivity contribution is 5.83. The van der Waals surface area contributed by atoms with Crippen LogP contribution >= 0.6 is 0 Å². The summed E-state index contributed by atoms with van der Waals surface area (Å²) in [5.74, 6) is 0.981. The van der Waals surface area contributed by atoms with Crippen molar-refractivity contribution in [1.29, 1.82) is 0 Å². The Balaban J connectivity index is 1.62. The lowest BCUT2D eigenvalue weighted by atomic mass is 9.95. The molecule has 176 valence electrons. The van der Waals surface area contributed by atoms with Crippen molar-refractivity contribution in [2.24, 2.45) is 5.92 Å². The normalized spacial score (nSPS) is 16.2. The van der Waals surface area contributed by atoms with E-state index in [-0.39, 0.29) is 17.4 Å². The molecule has 5 rings (SSSR count). The highest BCUT2D eigenvalue weighted by atomic mass is 19.1. The molecule has 2 aromatic carbocycles. The van der Waals surface area contributed by atoms with Crippen LogP contribution in [0.4, 0.5) is 4.39 Å². The van der Waals surface area contributed by atoms with E-state index in [9.17, 15) is 9.18 Å². The zero-order valence-corrected chi connectivity index (χ0v) is 19.8. The van der Waals surface area contributed by atoms with Gasteiger partial charge in [-0.3, -0.25) is 9.69 Å². The van der Waals surface area contributed by atoms with E-state index in [1.54, 1.807) is 16.8 Å². The molecule has 1 saturated heterocycles. The fraction of sp³-hybridized carbons (Fsp3) is 0.385. The number of fused-ring (bicyclic) bond motifs is 1. The number of aromatic amines is 1. The molecule has 0 radical (unpaired) electrons. The van der Waals surface area contributed by atoms with Crippen molar-refractivity contribution in [3.63, 3.8) is 0 Å². The van der Waals surface area contributed by atoms with E-state index in [4.69, 9.17) is 0 Å². The van der Waals surface area contributed by atoms with Crippen LogP contribution in [-0.4, -0.2) is 43.2 Å². The lowest BCUT2D eigenvalue weighted by molar-refractivity contribution is 0.149. The van der Waals surface area contributed by atoms with Gasteiger partial charge in [-0.2, -0.15) is 0 Å². The van der Waals surface area contributed by atoms with Crippen LogP contribution in [-0.2, 0) is 6.54 Å². The Hall–Kier alpha value is -3.39. The van der Waals surface area contributed by atoms with Gasteiger partial charge in [0.1, 0.15) is 11.9 Å². The smallest absolute Gasteiger partial charge is 0.253 e. The predicted molar refractivity (Wildman–Crippen MR) is 129 cm³/mol. The first kappa shape index (κ1) is 22.4. The zero-order valence-electron chi connectivity index (χ0n) is 19.8. The fourth-order valence-corrected chi connectivity index (χ4v) is 4.98. The van der Waals surface area contributed by atoms with Crippen LogP contribution in [0.2, 0.25) is 0 Å². The predicted octanol–water partition coefficient (Wildman–Crippen LogP) is 4.14. The first-order valence-corrected chi connectivity index (χ1v) is 11.8. The number of piperidine rings is 1. The van der Waals surface area contributed by atoms with Gasteiger partial charge in [-0.05, 0) is 96.9 Å². The number of aromatic nitrogens is 5. The second-order valence-electron chi connectivity index (χ2n) is 9.54. The third-order valence-electron chi connectivity index (χ3n) is 6.85. The second kappa shape index (κ2) is 9.10. The summed E-state index contributed by atoms with van der Waals surface area (Å²) in [6.07, 6.45) is 2.11. The van der Waals surface area contributed by atoms with Gasteiger partial charge < -0.3 is 4.98 Å². The molecule has 3 heterocycles. The molecule has 0 amide bonds. The van der Waals surface area contributed by atoms with E-state index < -0.39 is 0 Å². The van der Waals surface area contributed by atoms with Crippen molar-refractivity contribution in [2.45, 2.75) is 46.2 Å². The number of likely N-dealkylation sites (tertiary alicyclic amines) is 1. The van der Waals surface area contributed by atoms with Crippen molar-refractivity contribution >= 4 is 10.9 Å². The van der Waals surface area contributed by atoms with Crippen LogP contribution in [0, 0.1) is 25.6 Å². The average Bonchev–Trinajstić information content (AvgIpc) is 3.25. The summed E-state index contributed by atoms with van der Waals surface area (Å²) in [4.78, 5) is 18.8. The molecule has 1 aliphatic rings. The topological polar surface area (TPSA) is 79.7 Å². The van der Waals surface area contributed by atoms with Gasteiger partial charge in [0.2, 0.25) is 0 Å². The quantitative estimate of drug-likeness (QED) is 0.484. The Labute approximate surface area is 197 Å². The molecule has 1 fully saturated rings. The summed E-state index contributed by atoms with van der Waals surface area (Å²) in [6.45, 7) is 8.45. The number of pyridine rings is 1. The first-order valence-electron chi connectivity index (χ1n) is 11.8. The zero-order chi connectivity index (χ0) is 23.8. The summed E-state index contributed by atoms with van der Waals surface area (Å²) in [6, 6.07) is 12.1. The molecule has 8 heteroatoms. The maximum atomic E-state index is 13.4. The Morgan fingerprint density at radius 2 is 1.85 bits per heavy atom. The fourth-order valence-electron chi connectivity index (χ4n) is 4.98. The molecule has 0 spiro atoms. The number of nitrogens with one attached hydrogen (secondary N) is 1. The number of hydrogen-bond acceptors (Lipinski definition) is 5. The van der Waals surface area contributed by atoms with Crippen LogP contribution in [0.15, 0.2) is 47.3 Å². The number of benzene rings is 2. The average molecular weight is 461 g/mol. The minimum atomic E-state index is -0.378. The highest BCUT2D eigenvalue weighted by Crippen LogP contribution is 2.31. The van der Waals surface area contributed by atoms with Crippen molar-refractivity contribution in [2.75, 3.05) is 13.1 Å². The lowest BCUT2D eigenvalue weighted by Gasteiger charge is -2.36. The van der Waals surface area contributed by atoms with E-state index in [0.29, 0.717) is 23.9 Å². The Morgan fingerprint density at radius 1 is 1.12 bits per heavy atom. The van der Waals surface area contributed by atoms with Crippen LogP contribution < -0.4 is 5.56 Å². The van der Waals surface area contributed by atoms with Crippen molar-refractivity contribution in [3.8, 4) is 0 Å². The van der Waals surface area contributed by atoms with Crippen LogP contribution in [0.1, 0.15) is 53.9 Å².